The molecule has 0 saturated carbocycles. The Morgan fingerprint density at radius 1 is 0.556 bits per heavy atom. The second kappa shape index (κ2) is 25.9. The van der Waals surface area contributed by atoms with Gasteiger partial charge < -0.3 is 0 Å². The van der Waals surface area contributed by atoms with Gasteiger partial charge in [-0.05, 0) is 97.1 Å². The lowest BCUT2D eigenvalue weighted by molar-refractivity contribution is 1.31. The van der Waals surface area contributed by atoms with Crippen LogP contribution in [0.2, 0.25) is 0 Å². The molecule has 0 N–H and O–H groups in total. The Bertz CT molecular complexity index is 620. The van der Waals surface area contributed by atoms with Crippen LogP contribution in [0.25, 0.3) is 0 Å². The van der Waals surface area contributed by atoms with Crippen LogP contribution in [0.15, 0.2) is 58.1 Å². The second-order valence-electron chi connectivity index (χ2n) is 6.06. The van der Waals surface area contributed by atoms with Gasteiger partial charge in [0.25, 0.3) is 0 Å². The smallest absolute Gasteiger partial charge is 0.00234 e. The molecule has 0 aromatic heterocycles. The van der Waals surface area contributed by atoms with Crippen molar-refractivity contribution in [3.8, 4) is 23.7 Å². The summed E-state index contributed by atoms with van der Waals surface area (Å²) in [7, 11) is 0. The van der Waals surface area contributed by atoms with Gasteiger partial charge in [-0.25, -0.2) is 0 Å². The van der Waals surface area contributed by atoms with E-state index in [1.54, 1.807) is 0 Å². The molecule has 0 heteroatoms. The zero-order chi connectivity index (χ0) is 19.7. The first-order valence-corrected chi connectivity index (χ1v) is 7.96. The van der Waals surface area contributed by atoms with Gasteiger partial charge in [-0.2, -0.15) is 0 Å². The van der Waals surface area contributed by atoms with E-state index in [0.717, 1.165) is 11.1 Å². The molecule has 0 amide bonds. The Morgan fingerprint density at radius 2 is 0.852 bits per heavy atom. The Kier molecular flexibility index (Phi) is 38.0. The van der Waals surface area contributed by atoms with Crippen LogP contribution in [0.5, 0.6) is 0 Å². The second-order valence-corrected chi connectivity index (χ2v) is 6.06. The van der Waals surface area contributed by atoms with Crippen LogP contribution >= 0.6 is 0 Å². The first-order chi connectivity index (χ1) is 10.9. The number of rotatable bonds is 0. The fraction of sp³-hybridized carbons (Fsp3) is 0.481. The van der Waals surface area contributed by atoms with Crippen molar-refractivity contribution in [3.63, 3.8) is 0 Å². The molecule has 0 aliphatic rings. The maximum Gasteiger partial charge on any atom is -0.00234 e. The Hall–Kier alpha value is -2.36. The minimum atomic E-state index is 0. The van der Waals surface area contributed by atoms with Crippen molar-refractivity contribution in [2.24, 2.45) is 0 Å². The number of hydrogen-bond acceptors (Lipinski definition) is 0. The molecule has 154 valence electrons. The third kappa shape index (κ3) is 51.7. The van der Waals surface area contributed by atoms with Crippen LogP contribution in [0.3, 0.4) is 0 Å². The predicted octanol–water partition coefficient (Wildman–Crippen LogP) is 9.09. The van der Waals surface area contributed by atoms with E-state index in [9.17, 15) is 0 Å². The first-order valence-electron chi connectivity index (χ1n) is 7.96. The van der Waals surface area contributed by atoms with E-state index < -0.39 is 0 Å². The van der Waals surface area contributed by atoms with E-state index in [1.165, 1.54) is 22.3 Å². The minimum absolute atomic E-state index is 0. The summed E-state index contributed by atoms with van der Waals surface area (Å²) in [6.07, 6.45) is 0. The fourth-order valence-electron chi connectivity index (χ4n) is 0.776. The normalized spacial score (nSPS) is 6.15. The molecule has 27 heavy (non-hydrogen) atoms. The average Bonchev–Trinajstić information content (AvgIpc) is 2.44. The highest BCUT2D eigenvalue weighted by molar-refractivity contribution is 5.32. The molecule has 0 saturated heterocycles. The third-order valence-corrected chi connectivity index (χ3v) is 2.11. The Labute approximate surface area is 173 Å². The third-order valence-electron chi connectivity index (χ3n) is 2.11. The molecule has 0 atom stereocenters. The highest BCUT2D eigenvalue weighted by Crippen LogP contribution is 1.98. The van der Waals surface area contributed by atoms with Gasteiger partial charge in [-0.3, -0.25) is 0 Å². The fourth-order valence-corrected chi connectivity index (χ4v) is 0.776. The van der Waals surface area contributed by atoms with E-state index in [1.807, 2.05) is 55.4 Å². The van der Waals surface area contributed by atoms with Gasteiger partial charge in [0.2, 0.25) is 0 Å². The average molecular weight is 371 g/mol. The van der Waals surface area contributed by atoms with Crippen LogP contribution in [-0.4, -0.2) is 0 Å². The first kappa shape index (κ1) is 39.6. The van der Waals surface area contributed by atoms with Gasteiger partial charge in [0.15, 0.2) is 0 Å². The molecule has 0 heterocycles. The SMILES string of the molecule is C.C.C.C=C(C)C#CC(=C)C.CC#CC(C)=C(C)C.CC(C)=C=C=C(C)C. The lowest BCUT2D eigenvalue weighted by Crippen LogP contribution is -1.71. The Morgan fingerprint density at radius 3 is 0.963 bits per heavy atom. The van der Waals surface area contributed by atoms with Crippen molar-refractivity contribution in [1.29, 1.82) is 0 Å². The van der Waals surface area contributed by atoms with Crippen molar-refractivity contribution in [2.75, 3.05) is 0 Å². The van der Waals surface area contributed by atoms with Crippen LogP contribution in [-0.2, 0) is 0 Å². The molecule has 0 aromatic carbocycles. The number of hydrogen-bond donors (Lipinski definition) is 0. The molecule has 0 nitrogen and oxygen atoms in total. The summed E-state index contributed by atoms with van der Waals surface area (Å²) in [5.74, 6) is 11.4. The standard InChI is InChI=1S/C8H12.C8H10.C8H12.3CH4/c2*1-7(2)5-6-8(3)4;1-5-6-8(4)7(2)3;;;/h1-4H3;1,3H2,2,4H3;1-4H3;3*1H4. The van der Waals surface area contributed by atoms with Crippen LogP contribution in [0.1, 0.15) is 91.5 Å². The van der Waals surface area contributed by atoms with Gasteiger partial charge in [-0.15, -0.1) is 5.92 Å². The topological polar surface area (TPSA) is 0 Å². The van der Waals surface area contributed by atoms with E-state index in [0.29, 0.717) is 0 Å². The summed E-state index contributed by atoms with van der Waals surface area (Å²) in [6.45, 7) is 27.0. The van der Waals surface area contributed by atoms with Gasteiger partial charge >= 0.3 is 0 Å². The van der Waals surface area contributed by atoms with Crippen molar-refractivity contribution < 1.29 is 0 Å². The monoisotopic (exact) mass is 370 g/mol. The van der Waals surface area contributed by atoms with Crippen molar-refractivity contribution >= 4 is 0 Å². The van der Waals surface area contributed by atoms with E-state index in [-0.39, 0.29) is 22.3 Å². The zero-order valence-electron chi connectivity index (χ0n) is 17.4. The van der Waals surface area contributed by atoms with Gasteiger partial charge in [0, 0.05) is 0 Å². The van der Waals surface area contributed by atoms with Gasteiger partial charge in [0.05, 0.1) is 0 Å². The minimum Gasteiger partial charge on any atom is -0.102 e. The maximum absolute atomic E-state index is 3.61. The molecule has 0 fully saturated rings. The molecule has 0 aliphatic heterocycles. The largest absolute Gasteiger partial charge is 0.102 e. The summed E-state index contributed by atoms with van der Waals surface area (Å²) in [5.41, 5.74) is 12.6. The zero-order valence-corrected chi connectivity index (χ0v) is 17.4. The summed E-state index contributed by atoms with van der Waals surface area (Å²) in [6, 6.07) is 0. The molecule has 0 bridgehead atoms. The van der Waals surface area contributed by atoms with Crippen molar-refractivity contribution in [1.82, 2.24) is 0 Å². The molecule has 0 aromatic rings. The predicted molar refractivity (Wildman–Crippen MR) is 132 cm³/mol. The lowest BCUT2D eigenvalue weighted by atomic mass is 10.2. The summed E-state index contributed by atoms with van der Waals surface area (Å²) >= 11 is 0. The van der Waals surface area contributed by atoms with Crippen molar-refractivity contribution in [2.45, 2.75) is 91.5 Å². The maximum atomic E-state index is 3.61. The van der Waals surface area contributed by atoms with E-state index in [4.69, 9.17) is 0 Å². The summed E-state index contributed by atoms with van der Waals surface area (Å²) in [4.78, 5) is 0. The molecule has 0 spiro atoms. The molecular formula is C27H46. The molecule has 0 rings (SSSR count). The van der Waals surface area contributed by atoms with E-state index in [2.05, 4.69) is 62.1 Å². The highest BCUT2D eigenvalue weighted by atomic mass is 13.9. The van der Waals surface area contributed by atoms with Crippen LogP contribution < -0.4 is 0 Å². The number of allylic oxidation sites excluding steroid dienone is 6. The van der Waals surface area contributed by atoms with Crippen LogP contribution in [0.4, 0.5) is 0 Å². The quantitative estimate of drug-likeness (QED) is 0.294. The highest BCUT2D eigenvalue weighted by Gasteiger charge is 1.80. The Balaban J connectivity index is -0.0000000580. The van der Waals surface area contributed by atoms with E-state index >= 15 is 0 Å². The summed E-state index contributed by atoms with van der Waals surface area (Å²) < 4.78 is 0. The molecule has 0 radical (unpaired) electrons. The molecular weight excluding hydrogens is 324 g/mol. The molecule has 0 aliphatic carbocycles. The lowest BCUT2D eigenvalue weighted by Gasteiger charge is -1.88. The van der Waals surface area contributed by atoms with Gasteiger partial charge in [-0.1, -0.05) is 70.2 Å². The van der Waals surface area contributed by atoms with Crippen molar-refractivity contribution in [3.05, 3.63) is 58.1 Å². The molecule has 0 unspecified atom stereocenters. The van der Waals surface area contributed by atoms with Crippen LogP contribution in [0, 0.1) is 23.7 Å². The van der Waals surface area contributed by atoms with Gasteiger partial charge in [0.1, 0.15) is 0 Å². The summed E-state index contributed by atoms with van der Waals surface area (Å²) in [5, 5.41) is 0.